The Balaban J connectivity index is 2.11. The van der Waals surface area contributed by atoms with Gasteiger partial charge in [0.2, 0.25) is 0 Å². The molecule has 1 aliphatic rings. The second-order valence-electron chi connectivity index (χ2n) is 6.18. The molecule has 0 saturated heterocycles. The first-order valence-corrected chi connectivity index (χ1v) is 7.13. The topological polar surface area (TPSA) is 0 Å². The van der Waals surface area contributed by atoms with Gasteiger partial charge < -0.3 is 0 Å². The predicted octanol–water partition coefficient (Wildman–Crippen LogP) is 5.28. The maximum Gasteiger partial charge on any atom is -0.0386 e. The average molecular weight is 210 g/mol. The summed E-state index contributed by atoms with van der Waals surface area (Å²) in [6.07, 6.45) is 10.3. The Bertz CT molecular complexity index is 159. The van der Waals surface area contributed by atoms with Crippen LogP contribution in [-0.2, 0) is 0 Å². The van der Waals surface area contributed by atoms with Gasteiger partial charge in [-0.2, -0.15) is 0 Å². The van der Waals surface area contributed by atoms with E-state index in [9.17, 15) is 0 Å². The summed E-state index contributed by atoms with van der Waals surface area (Å²) in [6.45, 7) is 9.45. The van der Waals surface area contributed by atoms with Gasteiger partial charge in [0.25, 0.3) is 0 Å². The van der Waals surface area contributed by atoms with Crippen molar-refractivity contribution in [2.45, 2.75) is 72.6 Å². The van der Waals surface area contributed by atoms with E-state index in [0.29, 0.717) is 0 Å². The first-order valence-electron chi connectivity index (χ1n) is 7.13. The first-order chi connectivity index (χ1) is 7.13. The monoisotopic (exact) mass is 210 g/mol. The second-order valence-corrected chi connectivity index (χ2v) is 6.18. The van der Waals surface area contributed by atoms with Crippen molar-refractivity contribution in [1.82, 2.24) is 0 Å². The molecule has 0 amide bonds. The van der Waals surface area contributed by atoms with E-state index in [0.717, 1.165) is 23.7 Å². The van der Waals surface area contributed by atoms with Crippen LogP contribution in [0.4, 0.5) is 0 Å². The highest BCUT2D eigenvalue weighted by molar-refractivity contribution is 4.82. The molecule has 0 aromatic heterocycles. The molecule has 1 saturated carbocycles. The van der Waals surface area contributed by atoms with Crippen molar-refractivity contribution in [3.05, 3.63) is 0 Å². The standard InChI is InChI=1S/C15H30/c1-5-6-14(8-7-12(2)3)9-10-15-11-13(15)4/h12-15H,5-11H2,1-4H3. The molecule has 0 N–H and O–H groups in total. The lowest BCUT2D eigenvalue weighted by Crippen LogP contribution is -2.03. The van der Waals surface area contributed by atoms with Crippen molar-refractivity contribution < 1.29 is 0 Å². The Morgan fingerprint density at radius 1 is 1.07 bits per heavy atom. The van der Waals surface area contributed by atoms with Crippen LogP contribution in [-0.4, -0.2) is 0 Å². The maximum atomic E-state index is 2.41. The number of hydrogen-bond acceptors (Lipinski definition) is 0. The molecule has 1 rings (SSSR count). The minimum Gasteiger partial charge on any atom is -0.0654 e. The predicted molar refractivity (Wildman–Crippen MR) is 69.0 cm³/mol. The zero-order chi connectivity index (χ0) is 11.3. The highest BCUT2D eigenvalue weighted by Gasteiger charge is 2.32. The zero-order valence-electron chi connectivity index (χ0n) is 11.3. The molecular weight excluding hydrogens is 180 g/mol. The van der Waals surface area contributed by atoms with Crippen molar-refractivity contribution in [2.75, 3.05) is 0 Å². The molecule has 0 nitrogen and oxygen atoms in total. The Hall–Kier alpha value is 0. The molecule has 15 heavy (non-hydrogen) atoms. The molecule has 0 radical (unpaired) electrons. The molecule has 3 atom stereocenters. The Morgan fingerprint density at radius 2 is 1.73 bits per heavy atom. The van der Waals surface area contributed by atoms with Crippen molar-refractivity contribution in [2.24, 2.45) is 23.7 Å². The molecule has 1 aliphatic carbocycles. The van der Waals surface area contributed by atoms with Gasteiger partial charge in [0.05, 0.1) is 0 Å². The fourth-order valence-electron chi connectivity index (χ4n) is 2.66. The molecule has 0 heteroatoms. The normalized spacial score (nSPS) is 27.0. The van der Waals surface area contributed by atoms with Crippen molar-refractivity contribution in [1.29, 1.82) is 0 Å². The van der Waals surface area contributed by atoms with Crippen LogP contribution in [0.25, 0.3) is 0 Å². The third-order valence-corrected chi connectivity index (χ3v) is 4.07. The summed E-state index contributed by atoms with van der Waals surface area (Å²) in [5, 5.41) is 0. The molecule has 0 bridgehead atoms. The molecule has 0 spiro atoms. The first kappa shape index (κ1) is 13.1. The summed E-state index contributed by atoms with van der Waals surface area (Å²) < 4.78 is 0. The highest BCUT2D eigenvalue weighted by Crippen LogP contribution is 2.42. The second kappa shape index (κ2) is 6.55. The van der Waals surface area contributed by atoms with E-state index in [4.69, 9.17) is 0 Å². The van der Waals surface area contributed by atoms with E-state index >= 15 is 0 Å². The van der Waals surface area contributed by atoms with Gasteiger partial charge in [0.15, 0.2) is 0 Å². The van der Waals surface area contributed by atoms with Crippen LogP contribution in [0.15, 0.2) is 0 Å². The highest BCUT2D eigenvalue weighted by atomic mass is 14.4. The third kappa shape index (κ3) is 5.58. The Kier molecular flexibility index (Phi) is 5.71. The number of rotatable bonds is 8. The van der Waals surface area contributed by atoms with Gasteiger partial charge in [0, 0.05) is 0 Å². The SMILES string of the molecule is CCCC(CCC(C)C)CCC1CC1C. The van der Waals surface area contributed by atoms with Crippen molar-refractivity contribution in [3.63, 3.8) is 0 Å². The molecule has 0 aromatic rings. The molecular formula is C15H30. The minimum absolute atomic E-state index is 0.893. The Morgan fingerprint density at radius 3 is 2.20 bits per heavy atom. The Labute approximate surface area is 96.8 Å². The summed E-state index contributed by atoms with van der Waals surface area (Å²) in [5.74, 6) is 4.08. The van der Waals surface area contributed by atoms with Crippen molar-refractivity contribution >= 4 is 0 Å². The van der Waals surface area contributed by atoms with Crippen LogP contribution >= 0.6 is 0 Å². The molecule has 3 unspecified atom stereocenters. The van der Waals surface area contributed by atoms with E-state index < -0.39 is 0 Å². The van der Waals surface area contributed by atoms with Gasteiger partial charge in [-0.25, -0.2) is 0 Å². The van der Waals surface area contributed by atoms with Crippen LogP contribution in [0.3, 0.4) is 0 Å². The van der Waals surface area contributed by atoms with Gasteiger partial charge in [-0.3, -0.25) is 0 Å². The summed E-state index contributed by atoms with van der Waals surface area (Å²) in [6, 6.07) is 0. The summed E-state index contributed by atoms with van der Waals surface area (Å²) in [7, 11) is 0. The molecule has 0 aromatic carbocycles. The minimum atomic E-state index is 0.893. The van der Waals surface area contributed by atoms with E-state index in [1.165, 1.54) is 44.9 Å². The zero-order valence-corrected chi connectivity index (χ0v) is 11.3. The van der Waals surface area contributed by atoms with E-state index in [1.54, 1.807) is 0 Å². The van der Waals surface area contributed by atoms with E-state index in [-0.39, 0.29) is 0 Å². The van der Waals surface area contributed by atoms with Gasteiger partial charge in [-0.1, -0.05) is 59.8 Å². The van der Waals surface area contributed by atoms with Crippen LogP contribution < -0.4 is 0 Å². The summed E-state index contributed by atoms with van der Waals surface area (Å²) in [5.41, 5.74) is 0. The van der Waals surface area contributed by atoms with E-state index in [1.807, 2.05) is 0 Å². The van der Waals surface area contributed by atoms with Crippen LogP contribution in [0.1, 0.15) is 72.6 Å². The lowest BCUT2D eigenvalue weighted by molar-refractivity contribution is 0.358. The lowest BCUT2D eigenvalue weighted by Gasteiger charge is -2.17. The smallest absolute Gasteiger partial charge is 0.0386 e. The average Bonchev–Trinajstić information content (AvgIpc) is 2.87. The maximum absolute atomic E-state index is 2.41. The summed E-state index contributed by atoms with van der Waals surface area (Å²) in [4.78, 5) is 0. The van der Waals surface area contributed by atoms with Crippen LogP contribution in [0.5, 0.6) is 0 Å². The quantitative estimate of drug-likeness (QED) is 0.511. The molecule has 0 aliphatic heterocycles. The third-order valence-electron chi connectivity index (χ3n) is 4.07. The molecule has 90 valence electrons. The number of hydrogen-bond donors (Lipinski definition) is 0. The van der Waals surface area contributed by atoms with E-state index in [2.05, 4.69) is 27.7 Å². The van der Waals surface area contributed by atoms with Gasteiger partial charge in [-0.05, 0) is 36.5 Å². The van der Waals surface area contributed by atoms with Crippen molar-refractivity contribution in [3.8, 4) is 0 Å². The fraction of sp³-hybridized carbons (Fsp3) is 1.00. The van der Waals surface area contributed by atoms with Gasteiger partial charge in [0.1, 0.15) is 0 Å². The fourth-order valence-corrected chi connectivity index (χ4v) is 2.66. The lowest BCUT2D eigenvalue weighted by atomic mass is 9.89. The van der Waals surface area contributed by atoms with Crippen LogP contribution in [0.2, 0.25) is 0 Å². The van der Waals surface area contributed by atoms with Crippen LogP contribution in [0, 0.1) is 23.7 Å². The molecule has 0 heterocycles. The van der Waals surface area contributed by atoms with Gasteiger partial charge >= 0.3 is 0 Å². The summed E-state index contributed by atoms with van der Waals surface area (Å²) >= 11 is 0. The largest absolute Gasteiger partial charge is 0.0654 e. The van der Waals surface area contributed by atoms with Gasteiger partial charge in [-0.15, -0.1) is 0 Å². The molecule has 1 fully saturated rings.